The highest BCUT2D eigenvalue weighted by atomic mass is 32.2. The van der Waals surface area contributed by atoms with E-state index in [1.807, 2.05) is 17.5 Å². The molecule has 2 heterocycles. The van der Waals surface area contributed by atoms with Crippen LogP contribution >= 0.6 is 11.3 Å². The third-order valence-corrected chi connectivity index (χ3v) is 6.92. The van der Waals surface area contributed by atoms with Crippen LogP contribution in [0.5, 0.6) is 5.75 Å². The lowest BCUT2D eigenvalue weighted by Crippen LogP contribution is -2.40. The van der Waals surface area contributed by atoms with Gasteiger partial charge in [-0.15, -0.1) is 11.3 Å². The van der Waals surface area contributed by atoms with Gasteiger partial charge in [0.25, 0.3) is 15.9 Å². The monoisotopic (exact) mass is 406 g/mol. The lowest BCUT2D eigenvalue weighted by atomic mass is 10.1. The highest BCUT2D eigenvalue weighted by Gasteiger charge is 2.43. The van der Waals surface area contributed by atoms with Crippen molar-refractivity contribution in [3.8, 4) is 5.75 Å². The number of methoxy groups -OCH3 is 1. The number of nitrogens with one attached hydrogen (secondary N) is 1. The number of sulfonamides is 1. The zero-order valence-electron chi connectivity index (χ0n) is 14.8. The number of carbonyl (C=O) groups is 2. The molecule has 0 fully saturated rings. The predicted octanol–water partition coefficient (Wildman–Crippen LogP) is 1.98. The summed E-state index contributed by atoms with van der Waals surface area (Å²) >= 11 is 1.48. The van der Waals surface area contributed by atoms with Crippen LogP contribution in [0.3, 0.4) is 0 Å². The van der Waals surface area contributed by atoms with E-state index >= 15 is 0 Å². The number of rotatable bonds is 6. The molecule has 0 spiro atoms. The van der Waals surface area contributed by atoms with Crippen molar-refractivity contribution in [1.29, 1.82) is 0 Å². The zero-order chi connectivity index (χ0) is 19.6. The fourth-order valence-electron chi connectivity index (χ4n) is 2.75. The van der Waals surface area contributed by atoms with Crippen molar-refractivity contribution in [2.45, 2.75) is 13.5 Å². The molecule has 27 heavy (non-hydrogen) atoms. The Morgan fingerprint density at radius 2 is 1.93 bits per heavy atom. The highest BCUT2D eigenvalue weighted by Crippen LogP contribution is 2.35. The molecule has 9 heteroatoms. The first-order valence-electron chi connectivity index (χ1n) is 8.06. The van der Waals surface area contributed by atoms with Crippen molar-refractivity contribution in [3.63, 3.8) is 0 Å². The molecule has 0 bridgehead atoms. The van der Waals surface area contributed by atoms with Gasteiger partial charge in [-0.3, -0.25) is 9.59 Å². The number of ether oxygens (including phenoxy) is 1. The summed E-state index contributed by atoms with van der Waals surface area (Å²) in [7, 11) is -2.60. The first-order valence-corrected chi connectivity index (χ1v) is 10.4. The van der Waals surface area contributed by atoms with Gasteiger partial charge < -0.3 is 10.1 Å². The molecule has 0 unspecified atom stereocenters. The molecule has 7 nitrogen and oxygen atoms in total. The van der Waals surface area contributed by atoms with Crippen LogP contribution in [0, 0.1) is 0 Å². The van der Waals surface area contributed by atoms with Gasteiger partial charge in [0.1, 0.15) is 17.2 Å². The molecule has 0 saturated heterocycles. The van der Waals surface area contributed by atoms with Crippen molar-refractivity contribution in [3.05, 3.63) is 57.8 Å². The van der Waals surface area contributed by atoms with Crippen molar-refractivity contribution < 1.29 is 22.7 Å². The SMILES string of the molecule is COc1ccc(C2=C(C)C(=O)N(CC(=O)NCc3cccs3)S2(=O)=O)cc1. The number of hydrogen-bond acceptors (Lipinski definition) is 6. The van der Waals surface area contributed by atoms with Crippen molar-refractivity contribution >= 4 is 38.1 Å². The van der Waals surface area contributed by atoms with Crippen LogP contribution in [0.25, 0.3) is 4.91 Å². The Morgan fingerprint density at radius 1 is 1.22 bits per heavy atom. The van der Waals surface area contributed by atoms with Gasteiger partial charge in [-0.05, 0) is 48.2 Å². The van der Waals surface area contributed by atoms with E-state index in [4.69, 9.17) is 4.74 Å². The number of carbonyl (C=O) groups excluding carboxylic acids is 2. The summed E-state index contributed by atoms with van der Waals surface area (Å²) in [6, 6.07) is 10.1. The average molecular weight is 406 g/mol. The van der Waals surface area contributed by atoms with Gasteiger partial charge in [-0.25, -0.2) is 12.7 Å². The van der Waals surface area contributed by atoms with E-state index < -0.39 is 28.4 Å². The maximum absolute atomic E-state index is 12.9. The van der Waals surface area contributed by atoms with Crippen molar-refractivity contribution in [2.75, 3.05) is 13.7 Å². The van der Waals surface area contributed by atoms with Gasteiger partial charge in [0.2, 0.25) is 5.91 Å². The molecule has 1 aromatic heterocycles. The lowest BCUT2D eigenvalue weighted by molar-refractivity contribution is -0.128. The molecule has 0 radical (unpaired) electrons. The van der Waals surface area contributed by atoms with Crippen LogP contribution in [0.15, 0.2) is 47.4 Å². The van der Waals surface area contributed by atoms with E-state index in [0.717, 1.165) is 4.88 Å². The van der Waals surface area contributed by atoms with E-state index in [1.165, 1.54) is 25.4 Å². The molecule has 1 aromatic carbocycles. The third kappa shape index (κ3) is 3.74. The van der Waals surface area contributed by atoms with Crippen molar-refractivity contribution in [2.24, 2.45) is 0 Å². The third-order valence-electron chi connectivity index (χ3n) is 4.12. The fraction of sp³-hybridized carbons (Fsp3) is 0.222. The minimum atomic E-state index is -4.10. The predicted molar refractivity (Wildman–Crippen MR) is 102 cm³/mol. The first-order chi connectivity index (χ1) is 12.8. The van der Waals surface area contributed by atoms with Crippen LogP contribution in [0.1, 0.15) is 17.4 Å². The molecule has 1 aliphatic heterocycles. The zero-order valence-corrected chi connectivity index (χ0v) is 16.4. The van der Waals surface area contributed by atoms with Crippen LogP contribution < -0.4 is 10.1 Å². The van der Waals surface area contributed by atoms with Crippen LogP contribution in [-0.2, 0) is 26.2 Å². The highest BCUT2D eigenvalue weighted by molar-refractivity contribution is 7.99. The maximum Gasteiger partial charge on any atom is 0.268 e. The number of nitrogens with zero attached hydrogens (tertiary/aromatic N) is 1. The van der Waals surface area contributed by atoms with Gasteiger partial charge in [-0.1, -0.05) is 6.07 Å². The van der Waals surface area contributed by atoms with E-state index in [2.05, 4.69) is 5.32 Å². The summed E-state index contributed by atoms with van der Waals surface area (Å²) in [4.78, 5) is 25.5. The first kappa shape index (κ1) is 19.1. The maximum atomic E-state index is 12.9. The van der Waals surface area contributed by atoms with E-state index in [0.29, 0.717) is 15.6 Å². The molecular weight excluding hydrogens is 388 g/mol. The number of amides is 2. The summed E-state index contributed by atoms with van der Waals surface area (Å²) in [5, 5.41) is 4.51. The Balaban J connectivity index is 1.78. The van der Waals surface area contributed by atoms with E-state index in [1.54, 1.807) is 24.3 Å². The number of benzene rings is 1. The molecule has 0 atom stereocenters. The summed E-state index contributed by atoms with van der Waals surface area (Å²) in [5.74, 6) is -0.653. The average Bonchev–Trinajstić information content (AvgIpc) is 3.22. The Hall–Kier alpha value is -2.65. The fourth-order valence-corrected chi connectivity index (χ4v) is 5.16. The van der Waals surface area contributed by atoms with E-state index in [-0.39, 0.29) is 17.0 Å². The smallest absolute Gasteiger partial charge is 0.268 e. The minimum absolute atomic E-state index is 0.0822. The number of hydrogen-bond donors (Lipinski definition) is 1. The molecule has 3 rings (SSSR count). The quantitative estimate of drug-likeness (QED) is 0.792. The van der Waals surface area contributed by atoms with Gasteiger partial charge in [0.15, 0.2) is 0 Å². The van der Waals surface area contributed by atoms with Crippen LogP contribution in [0.4, 0.5) is 0 Å². The van der Waals surface area contributed by atoms with Gasteiger partial charge >= 0.3 is 0 Å². The normalized spacial score (nSPS) is 15.9. The summed E-state index contributed by atoms with van der Waals surface area (Å²) in [5.41, 5.74) is 0.467. The second-order valence-electron chi connectivity index (χ2n) is 5.86. The van der Waals surface area contributed by atoms with Crippen LogP contribution in [-0.4, -0.2) is 38.2 Å². The minimum Gasteiger partial charge on any atom is -0.497 e. The Bertz CT molecular complexity index is 993. The van der Waals surface area contributed by atoms with Crippen LogP contribution in [0.2, 0.25) is 0 Å². The van der Waals surface area contributed by atoms with Crippen molar-refractivity contribution in [1.82, 2.24) is 9.62 Å². The second kappa shape index (κ2) is 7.53. The summed E-state index contributed by atoms with van der Waals surface area (Å²) in [6.45, 7) is 1.18. The molecule has 1 N–H and O–H groups in total. The Morgan fingerprint density at radius 3 is 2.52 bits per heavy atom. The molecular formula is C18H18N2O5S2. The molecule has 0 aliphatic carbocycles. The Kier molecular flexibility index (Phi) is 5.33. The Labute approximate surface area is 161 Å². The largest absolute Gasteiger partial charge is 0.497 e. The standard InChI is InChI=1S/C18H18N2O5S2/c1-12-17(13-5-7-14(25-2)8-6-13)27(23,24)20(18(12)22)11-16(21)19-10-15-4-3-9-26-15/h3-9H,10-11H2,1-2H3,(H,19,21). The van der Waals surface area contributed by atoms with Gasteiger partial charge in [0.05, 0.1) is 13.7 Å². The second-order valence-corrected chi connectivity index (χ2v) is 8.69. The molecule has 2 amide bonds. The van der Waals surface area contributed by atoms with Gasteiger partial charge in [-0.2, -0.15) is 0 Å². The summed E-state index contributed by atoms with van der Waals surface area (Å²) < 4.78 is 31.4. The molecule has 1 aliphatic rings. The molecule has 0 saturated carbocycles. The van der Waals surface area contributed by atoms with E-state index in [9.17, 15) is 18.0 Å². The number of thiophene rings is 1. The molecule has 2 aromatic rings. The molecule has 142 valence electrons. The lowest BCUT2D eigenvalue weighted by Gasteiger charge is -2.16. The topological polar surface area (TPSA) is 92.8 Å². The summed E-state index contributed by atoms with van der Waals surface area (Å²) in [6.07, 6.45) is 0. The van der Waals surface area contributed by atoms with Gasteiger partial charge in [0, 0.05) is 10.5 Å².